The van der Waals surface area contributed by atoms with E-state index in [4.69, 9.17) is 9.15 Å². The lowest BCUT2D eigenvalue weighted by atomic mass is 10.1. The minimum absolute atomic E-state index is 0.193. The number of amides is 1. The van der Waals surface area contributed by atoms with Crippen LogP contribution in [-0.2, 0) is 14.3 Å². The smallest absolute Gasteiger partial charge is 0.340 e. The third-order valence-electron chi connectivity index (χ3n) is 3.18. The zero-order valence-electron chi connectivity index (χ0n) is 11.8. The molecule has 1 aliphatic rings. The van der Waals surface area contributed by atoms with Crippen LogP contribution in [0.25, 0.3) is 6.08 Å². The van der Waals surface area contributed by atoms with Gasteiger partial charge in [0.25, 0.3) is 5.91 Å². The second-order valence-corrected chi connectivity index (χ2v) is 4.48. The lowest BCUT2D eigenvalue weighted by Crippen LogP contribution is -2.25. The van der Waals surface area contributed by atoms with E-state index in [2.05, 4.69) is 0 Å². The molecule has 0 N–H and O–H groups in total. The van der Waals surface area contributed by atoms with E-state index in [1.54, 1.807) is 30.0 Å². The van der Waals surface area contributed by atoms with Gasteiger partial charge in [0.2, 0.25) is 0 Å². The second-order valence-electron chi connectivity index (χ2n) is 4.48. The van der Waals surface area contributed by atoms with E-state index >= 15 is 0 Å². The molecule has 0 aliphatic carbocycles. The summed E-state index contributed by atoms with van der Waals surface area (Å²) in [5, 5.41) is 0. The van der Waals surface area contributed by atoms with E-state index in [0.717, 1.165) is 6.42 Å². The molecule has 0 unspecified atom stereocenters. The Morgan fingerprint density at radius 3 is 2.80 bits per heavy atom. The van der Waals surface area contributed by atoms with Gasteiger partial charge in [-0.25, -0.2) is 4.79 Å². The van der Waals surface area contributed by atoms with Crippen molar-refractivity contribution in [3.63, 3.8) is 0 Å². The molecule has 0 saturated heterocycles. The fourth-order valence-corrected chi connectivity index (χ4v) is 2.24. The fourth-order valence-electron chi connectivity index (χ4n) is 2.24. The van der Waals surface area contributed by atoms with Crippen LogP contribution >= 0.6 is 0 Å². The molecule has 0 radical (unpaired) electrons. The summed E-state index contributed by atoms with van der Waals surface area (Å²) in [6, 6.07) is 3.46. The van der Waals surface area contributed by atoms with Crippen LogP contribution in [0.5, 0.6) is 0 Å². The van der Waals surface area contributed by atoms with Gasteiger partial charge < -0.3 is 14.1 Å². The Labute approximate surface area is 117 Å². The first kappa shape index (κ1) is 14.1. The van der Waals surface area contributed by atoms with E-state index in [0.29, 0.717) is 29.1 Å². The van der Waals surface area contributed by atoms with Crippen molar-refractivity contribution >= 4 is 18.0 Å². The zero-order chi connectivity index (χ0) is 14.7. The van der Waals surface area contributed by atoms with Gasteiger partial charge in [-0.15, -0.1) is 0 Å². The minimum Gasteiger partial charge on any atom is -0.465 e. The molecule has 106 valence electrons. The van der Waals surface area contributed by atoms with Crippen molar-refractivity contribution in [1.29, 1.82) is 0 Å². The van der Waals surface area contributed by atoms with Gasteiger partial charge in [-0.2, -0.15) is 0 Å². The van der Waals surface area contributed by atoms with E-state index in [1.807, 2.05) is 6.92 Å². The molecule has 2 heterocycles. The van der Waals surface area contributed by atoms with Crippen LogP contribution in [-0.4, -0.2) is 30.4 Å². The number of allylic oxidation sites excluding steroid dienone is 1. The maximum Gasteiger partial charge on any atom is 0.340 e. The molecule has 0 atom stereocenters. The molecule has 0 bridgehead atoms. The quantitative estimate of drug-likeness (QED) is 0.625. The maximum atomic E-state index is 12.4. The van der Waals surface area contributed by atoms with Gasteiger partial charge in [-0.1, -0.05) is 6.92 Å². The highest BCUT2D eigenvalue weighted by molar-refractivity contribution is 6.16. The highest BCUT2D eigenvalue weighted by atomic mass is 16.5. The number of nitrogens with zero attached hydrogens (tertiary/aromatic N) is 1. The van der Waals surface area contributed by atoms with Crippen LogP contribution < -0.4 is 0 Å². The molecule has 0 spiro atoms. The van der Waals surface area contributed by atoms with Gasteiger partial charge in [0.1, 0.15) is 5.76 Å². The van der Waals surface area contributed by atoms with Crippen LogP contribution in [0.15, 0.2) is 39.7 Å². The SMILES string of the molecule is CCCN1C(=O)/C(=C\c2ccco2)C(C(=O)OC)=C1C. The molecule has 5 nitrogen and oxygen atoms in total. The molecule has 1 aliphatic heterocycles. The number of carbonyl (C=O) groups is 2. The Morgan fingerprint density at radius 1 is 1.50 bits per heavy atom. The molecule has 1 aromatic heterocycles. The average molecular weight is 275 g/mol. The Balaban J connectivity index is 2.49. The Bertz CT molecular complexity index is 581. The summed E-state index contributed by atoms with van der Waals surface area (Å²) in [6.07, 6.45) is 3.91. The largest absolute Gasteiger partial charge is 0.465 e. The van der Waals surface area contributed by atoms with Gasteiger partial charge in [0, 0.05) is 12.2 Å². The zero-order valence-corrected chi connectivity index (χ0v) is 11.8. The Kier molecular flexibility index (Phi) is 4.08. The molecule has 20 heavy (non-hydrogen) atoms. The highest BCUT2D eigenvalue weighted by Gasteiger charge is 2.36. The van der Waals surface area contributed by atoms with Crippen LogP contribution in [0.2, 0.25) is 0 Å². The first-order valence-electron chi connectivity index (χ1n) is 6.46. The van der Waals surface area contributed by atoms with Crippen LogP contribution in [0, 0.1) is 0 Å². The van der Waals surface area contributed by atoms with E-state index in [9.17, 15) is 9.59 Å². The predicted molar refractivity (Wildman–Crippen MR) is 73.4 cm³/mol. The summed E-state index contributed by atoms with van der Waals surface area (Å²) < 4.78 is 10.00. The summed E-state index contributed by atoms with van der Waals surface area (Å²) in [4.78, 5) is 26.0. The standard InChI is InChI=1S/C15H17NO4/c1-4-7-16-10(2)13(15(18)19-3)12(14(16)17)9-11-6-5-8-20-11/h5-6,8-9H,4,7H2,1-3H3/b12-9-. The van der Waals surface area contributed by atoms with Gasteiger partial charge >= 0.3 is 5.97 Å². The highest BCUT2D eigenvalue weighted by Crippen LogP contribution is 2.31. The number of methoxy groups -OCH3 is 1. The van der Waals surface area contributed by atoms with Crippen molar-refractivity contribution in [3.8, 4) is 0 Å². The van der Waals surface area contributed by atoms with Crippen LogP contribution in [0.4, 0.5) is 0 Å². The van der Waals surface area contributed by atoms with Crippen molar-refractivity contribution in [2.24, 2.45) is 0 Å². The molecule has 5 heteroatoms. The summed E-state index contributed by atoms with van der Waals surface area (Å²) in [7, 11) is 1.31. The maximum absolute atomic E-state index is 12.4. The topological polar surface area (TPSA) is 59.8 Å². The van der Waals surface area contributed by atoms with Gasteiger partial charge in [-0.05, 0) is 31.6 Å². The van der Waals surface area contributed by atoms with Crippen LogP contribution in [0.1, 0.15) is 26.0 Å². The van der Waals surface area contributed by atoms with E-state index in [-0.39, 0.29) is 5.91 Å². The number of furan rings is 1. The van der Waals surface area contributed by atoms with E-state index < -0.39 is 5.97 Å². The Morgan fingerprint density at radius 2 is 2.25 bits per heavy atom. The summed E-state index contributed by atoms with van der Waals surface area (Å²) in [5.74, 6) is -0.172. The van der Waals surface area contributed by atoms with E-state index in [1.165, 1.54) is 13.4 Å². The lowest BCUT2D eigenvalue weighted by molar-refractivity contribution is -0.136. The van der Waals surface area contributed by atoms with Crippen molar-refractivity contribution in [2.75, 3.05) is 13.7 Å². The first-order valence-corrected chi connectivity index (χ1v) is 6.46. The molecule has 2 rings (SSSR count). The molecule has 0 fully saturated rings. The predicted octanol–water partition coefficient (Wildman–Crippen LogP) is 2.36. The van der Waals surface area contributed by atoms with Crippen molar-refractivity contribution < 1.29 is 18.7 Å². The number of esters is 1. The Hall–Kier alpha value is -2.30. The van der Waals surface area contributed by atoms with Crippen molar-refractivity contribution in [3.05, 3.63) is 41.0 Å². The van der Waals surface area contributed by atoms with Crippen molar-refractivity contribution in [1.82, 2.24) is 4.90 Å². The fraction of sp³-hybridized carbons (Fsp3) is 0.333. The van der Waals surface area contributed by atoms with Gasteiger partial charge in [-0.3, -0.25) is 4.79 Å². The second kappa shape index (κ2) is 5.77. The summed E-state index contributed by atoms with van der Waals surface area (Å²) >= 11 is 0. The number of hydrogen-bond donors (Lipinski definition) is 0. The minimum atomic E-state index is -0.507. The van der Waals surface area contributed by atoms with Gasteiger partial charge in [0.05, 0.1) is 24.5 Å². The average Bonchev–Trinajstić information content (AvgIpc) is 3.02. The summed E-state index contributed by atoms with van der Waals surface area (Å²) in [6.45, 7) is 4.30. The normalized spacial score (nSPS) is 17.2. The number of ether oxygens (including phenoxy) is 1. The molecule has 1 amide bonds. The number of carbonyl (C=O) groups excluding carboxylic acids is 2. The molecule has 0 saturated carbocycles. The van der Waals surface area contributed by atoms with Crippen molar-refractivity contribution in [2.45, 2.75) is 20.3 Å². The third-order valence-corrected chi connectivity index (χ3v) is 3.18. The molecular weight excluding hydrogens is 258 g/mol. The lowest BCUT2D eigenvalue weighted by Gasteiger charge is -2.16. The van der Waals surface area contributed by atoms with Crippen LogP contribution in [0.3, 0.4) is 0 Å². The molecule has 0 aromatic carbocycles. The molecule has 1 aromatic rings. The van der Waals surface area contributed by atoms with Gasteiger partial charge in [0.15, 0.2) is 0 Å². The summed E-state index contributed by atoms with van der Waals surface area (Å²) in [5.41, 5.74) is 1.25. The third kappa shape index (κ3) is 2.39. The number of rotatable bonds is 4. The molecular formula is C15H17NO4. The monoisotopic (exact) mass is 275 g/mol. The number of hydrogen-bond acceptors (Lipinski definition) is 4. The first-order chi connectivity index (χ1) is 9.60.